The van der Waals surface area contributed by atoms with Crippen molar-refractivity contribution >= 4 is 16.9 Å². The fourth-order valence-electron chi connectivity index (χ4n) is 2.88. The maximum atomic E-state index is 4.32. The Kier molecular flexibility index (Phi) is 5.49. The van der Waals surface area contributed by atoms with Gasteiger partial charge in [0.1, 0.15) is 0 Å². The van der Waals surface area contributed by atoms with Gasteiger partial charge < -0.3 is 9.80 Å². The molecular weight excluding hydrogens is 280 g/mol. The van der Waals surface area contributed by atoms with E-state index in [4.69, 9.17) is 0 Å². The third kappa shape index (κ3) is 3.76. The van der Waals surface area contributed by atoms with Crippen LogP contribution in [0.5, 0.6) is 0 Å². The highest BCUT2D eigenvalue weighted by atomic mass is 15.1. The van der Waals surface area contributed by atoms with Crippen molar-refractivity contribution in [1.82, 2.24) is 0 Å². The molecule has 0 radical (unpaired) electrons. The van der Waals surface area contributed by atoms with Crippen LogP contribution in [0.15, 0.2) is 49.0 Å². The second-order valence-electron chi connectivity index (χ2n) is 6.09. The summed E-state index contributed by atoms with van der Waals surface area (Å²) in [6.07, 6.45) is 0. The largest absolute Gasteiger partial charge is 0.378 e. The van der Waals surface area contributed by atoms with Crippen molar-refractivity contribution in [2.45, 2.75) is 20.8 Å². The third-order valence-corrected chi connectivity index (χ3v) is 4.40. The van der Waals surface area contributed by atoms with E-state index < -0.39 is 0 Å². The van der Waals surface area contributed by atoms with Crippen LogP contribution in [0.4, 0.5) is 11.4 Å². The molecule has 0 bridgehead atoms. The Morgan fingerprint density at radius 2 is 1.48 bits per heavy atom. The summed E-state index contributed by atoms with van der Waals surface area (Å²) in [5, 5.41) is 0. The van der Waals surface area contributed by atoms with Crippen molar-refractivity contribution in [3.05, 3.63) is 65.7 Å². The first-order valence-electron chi connectivity index (χ1n) is 8.30. The van der Waals surface area contributed by atoms with Gasteiger partial charge in [0.25, 0.3) is 0 Å². The van der Waals surface area contributed by atoms with E-state index in [1.807, 2.05) is 0 Å². The zero-order valence-electron chi connectivity index (χ0n) is 15.1. The van der Waals surface area contributed by atoms with Gasteiger partial charge in [-0.3, -0.25) is 0 Å². The SMILES string of the molecule is C=C(c1ccc(N(CC)CC)cc1)c1ccc(N(C)C)cc1C. The lowest BCUT2D eigenvalue weighted by atomic mass is 9.95. The number of hydrogen-bond donors (Lipinski definition) is 0. The Morgan fingerprint density at radius 3 is 1.96 bits per heavy atom. The number of benzene rings is 2. The van der Waals surface area contributed by atoms with E-state index >= 15 is 0 Å². The molecule has 0 heterocycles. The van der Waals surface area contributed by atoms with Crippen molar-refractivity contribution in [1.29, 1.82) is 0 Å². The van der Waals surface area contributed by atoms with Gasteiger partial charge in [-0.1, -0.05) is 24.8 Å². The summed E-state index contributed by atoms with van der Waals surface area (Å²) in [5.74, 6) is 0. The summed E-state index contributed by atoms with van der Waals surface area (Å²) >= 11 is 0. The van der Waals surface area contributed by atoms with Crippen molar-refractivity contribution in [3.8, 4) is 0 Å². The van der Waals surface area contributed by atoms with Crippen molar-refractivity contribution in [2.75, 3.05) is 37.0 Å². The van der Waals surface area contributed by atoms with Crippen LogP contribution in [-0.2, 0) is 0 Å². The van der Waals surface area contributed by atoms with Crippen LogP contribution >= 0.6 is 0 Å². The van der Waals surface area contributed by atoms with Crippen molar-refractivity contribution in [2.24, 2.45) is 0 Å². The number of aryl methyl sites for hydroxylation is 1. The number of rotatable bonds is 6. The second-order valence-corrected chi connectivity index (χ2v) is 6.09. The van der Waals surface area contributed by atoms with Gasteiger partial charge in [-0.2, -0.15) is 0 Å². The maximum Gasteiger partial charge on any atom is 0.0366 e. The van der Waals surface area contributed by atoms with Crippen LogP contribution in [0.3, 0.4) is 0 Å². The molecule has 122 valence electrons. The predicted molar refractivity (Wildman–Crippen MR) is 104 cm³/mol. The van der Waals surface area contributed by atoms with Crippen LogP contribution < -0.4 is 9.80 Å². The maximum absolute atomic E-state index is 4.32. The molecule has 23 heavy (non-hydrogen) atoms. The molecule has 2 rings (SSSR count). The number of anilines is 2. The standard InChI is InChI=1S/C21H28N2/c1-7-23(8-2)19-11-9-18(10-12-19)17(4)21-14-13-20(22(5)6)15-16(21)3/h9-15H,4,7-8H2,1-3,5-6H3. The fourth-order valence-corrected chi connectivity index (χ4v) is 2.88. The minimum atomic E-state index is 1.03. The van der Waals surface area contributed by atoms with E-state index in [9.17, 15) is 0 Å². The molecule has 0 aliphatic carbocycles. The summed E-state index contributed by atoms with van der Waals surface area (Å²) < 4.78 is 0. The molecule has 2 heteroatoms. The lowest BCUT2D eigenvalue weighted by molar-refractivity contribution is 0.866. The first-order valence-corrected chi connectivity index (χ1v) is 8.30. The zero-order chi connectivity index (χ0) is 17.0. The van der Waals surface area contributed by atoms with Gasteiger partial charge >= 0.3 is 0 Å². The Bertz CT molecular complexity index is 665. The Balaban J connectivity index is 2.27. The summed E-state index contributed by atoms with van der Waals surface area (Å²) in [6.45, 7) is 12.9. The molecule has 0 unspecified atom stereocenters. The highest BCUT2D eigenvalue weighted by molar-refractivity contribution is 5.81. The first kappa shape index (κ1) is 17.1. The molecule has 2 aromatic rings. The molecule has 0 aliphatic heterocycles. The van der Waals surface area contributed by atoms with Gasteiger partial charge in [-0.05, 0) is 67.3 Å². The molecule has 0 saturated carbocycles. The van der Waals surface area contributed by atoms with E-state index in [0.29, 0.717) is 0 Å². The van der Waals surface area contributed by atoms with Gasteiger partial charge in [-0.25, -0.2) is 0 Å². The summed E-state index contributed by atoms with van der Waals surface area (Å²) in [6, 6.07) is 15.3. The topological polar surface area (TPSA) is 6.48 Å². The van der Waals surface area contributed by atoms with Crippen LogP contribution in [0.25, 0.3) is 5.57 Å². The molecule has 0 aliphatic rings. The quantitative estimate of drug-likeness (QED) is 0.743. The van der Waals surface area contributed by atoms with Crippen molar-refractivity contribution < 1.29 is 0 Å². The Morgan fingerprint density at radius 1 is 0.913 bits per heavy atom. The minimum Gasteiger partial charge on any atom is -0.378 e. The highest BCUT2D eigenvalue weighted by Crippen LogP contribution is 2.28. The van der Waals surface area contributed by atoms with E-state index in [1.54, 1.807) is 0 Å². The monoisotopic (exact) mass is 308 g/mol. The molecule has 0 spiro atoms. The summed E-state index contributed by atoms with van der Waals surface area (Å²) in [5.41, 5.74) is 7.22. The molecule has 2 aromatic carbocycles. The van der Waals surface area contributed by atoms with Crippen LogP contribution in [0, 0.1) is 6.92 Å². The van der Waals surface area contributed by atoms with Crippen LogP contribution in [-0.4, -0.2) is 27.2 Å². The average molecular weight is 308 g/mol. The molecule has 0 fully saturated rings. The van der Waals surface area contributed by atoms with E-state index in [-0.39, 0.29) is 0 Å². The minimum absolute atomic E-state index is 1.03. The molecule has 0 N–H and O–H groups in total. The lowest BCUT2D eigenvalue weighted by Gasteiger charge is -2.21. The fraction of sp³-hybridized carbons (Fsp3) is 0.333. The van der Waals surface area contributed by atoms with E-state index in [2.05, 4.69) is 93.7 Å². The van der Waals surface area contributed by atoms with E-state index in [0.717, 1.165) is 18.7 Å². The van der Waals surface area contributed by atoms with Crippen LogP contribution in [0.2, 0.25) is 0 Å². The average Bonchev–Trinajstić information content (AvgIpc) is 2.56. The van der Waals surface area contributed by atoms with Gasteiger partial charge in [0.05, 0.1) is 0 Å². The number of hydrogen-bond acceptors (Lipinski definition) is 2. The summed E-state index contributed by atoms with van der Waals surface area (Å²) in [4.78, 5) is 4.47. The van der Waals surface area contributed by atoms with E-state index in [1.165, 1.54) is 28.1 Å². The first-order chi connectivity index (χ1) is 11.0. The zero-order valence-corrected chi connectivity index (χ0v) is 15.1. The van der Waals surface area contributed by atoms with Gasteiger partial charge in [0, 0.05) is 38.6 Å². The molecule has 2 nitrogen and oxygen atoms in total. The Hall–Kier alpha value is -2.22. The van der Waals surface area contributed by atoms with Crippen LogP contribution in [0.1, 0.15) is 30.5 Å². The lowest BCUT2D eigenvalue weighted by Crippen LogP contribution is -2.21. The predicted octanol–water partition coefficient (Wildman–Crippen LogP) is 4.97. The smallest absolute Gasteiger partial charge is 0.0366 e. The Labute approximate surface area is 141 Å². The molecule has 0 saturated heterocycles. The molecule has 0 atom stereocenters. The van der Waals surface area contributed by atoms with Crippen molar-refractivity contribution in [3.63, 3.8) is 0 Å². The van der Waals surface area contributed by atoms with Gasteiger partial charge in [0.2, 0.25) is 0 Å². The van der Waals surface area contributed by atoms with Gasteiger partial charge in [0.15, 0.2) is 0 Å². The molecular formula is C21H28N2. The summed E-state index contributed by atoms with van der Waals surface area (Å²) in [7, 11) is 4.13. The highest BCUT2D eigenvalue weighted by Gasteiger charge is 2.08. The number of nitrogens with zero attached hydrogens (tertiary/aromatic N) is 2. The molecule has 0 aromatic heterocycles. The normalized spacial score (nSPS) is 10.5. The second kappa shape index (κ2) is 7.36. The molecule has 0 amide bonds. The van der Waals surface area contributed by atoms with Gasteiger partial charge in [-0.15, -0.1) is 0 Å². The third-order valence-electron chi connectivity index (χ3n) is 4.40.